The van der Waals surface area contributed by atoms with Gasteiger partial charge in [0.25, 0.3) is 0 Å². The highest BCUT2D eigenvalue weighted by Crippen LogP contribution is 2.42. The maximum Gasteiger partial charge on any atom is 0.336 e. The van der Waals surface area contributed by atoms with Crippen LogP contribution in [0.15, 0.2) is 6.07 Å². The summed E-state index contributed by atoms with van der Waals surface area (Å²) in [4.78, 5) is 14.2. The smallest absolute Gasteiger partial charge is 0.336 e. The van der Waals surface area contributed by atoms with E-state index in [0.717, 1.165) is 32.4 Å². The SMILES string of the molecule is CCN(CC)CCCCCCCCc1c(C(=O)O)cc(OC)c(OC)c1OC. The van der Waals surface area contributed by atoms with Gasteiger partial charge in [-0.25, -0.2) is 4.79 Å². The molecule has 0 heterocycles. The number of ether oxygens (including phenoxy) is 3. The molecule has 1 aromatic carbocycles. The fourth-order valence-electron chi connectivity index (χ4n) is 3.54. The number of hydrogen-bond donors (Lipinski definition) is 1. The van der Waals surface area contributed by atoms with Crippen LogP contribution in [0.1, 0.15) is 68.3 Å². The summed E-state index contributed by atoms with van der Waals surface area (Å²) in [6.07, 6.45) is 7.51. The van der Waals surface area contributed by atoms with Gasteiger partial charge < -0.3 is 24.2 Å². The molecule has 0 radical (unpaired) electrons. The van der Waals surface area contributed by atoms with E-state index in [-0.39, 0.29) is 5.56 Å². The van der Waals surface area contributed by atoms with Gasteiger partial charge in [0.1, 0.15) is 0 Å². The highest BCUT2D eigenvalue weighted by molar-refractivity contribution is 5.92. The Balaban J connectivity index is 2.60. The third-order valence-corrected chi connectivity index (χ3v) is 5.21. The van der Waals surface area contributed by atoms with Gasteiger partial charge in [0.05, 0.1) is 26.9 Å². The van der Waals surface area contributed by atoms with E-state index in [2.05, 4.69) is 18.7 Å². The van der Waals surface area contributed by atoms with E-state index in [1.165, 1.54) is 53.2 Å². The van der Waals surface area contributed by atoms with Crippen molar-refractivity contribution >= 4 is 5.97 Å². The average Bonchev–Trinajstić information content (AvgIpc) is 2.71. The predicted octanol–water partition coefficient (Wildman–Crippen LogP) is 4.64. The second-order valence-electron chi connectivity index (χ2n) is 6.87. The Morgan fingerprint density at radius 1 is 0.893 bits per heavy atom. The molecule has 6 nitrogen and oxygen atoms in total. The van der Waals surface area contributed by atoms with E-state index in [4.69, 9.17) is 14.2 Å². The van der Waals surface area contributed by atoms with Gasteiger partial charge in [-0.15, -0.1) is 0 Å². The molecule has 0 aliphatic heterocycles. The van der Waals surface area contributed by atoms with E-state index in [1.807, 2.05) is 0 Å². The number of methoxy groups -OCH3 is 3. The molecule has 0 aromatic heterocycles. The maximum absolute atomic E-state index is 11.7. The molecule has 0 fully saturated rings. The first-order valence-corrected chi connectivity index (χ1v) is 10.3. The van der Waals surface area contributed by atoms with Gasteiger partial charge in [-0.2, -0.15) is 0 Å². The zero-order chi connectivity index (χ0) is 20.9. The molecule has 1 aromatic rings. The number of aromatic carboxylic acids is 1. The molecule has 0 aliphatic rings. The molecule has 160 valence electrons. The zero-order valence-electron chi connectivity index (χ0n) is 18.2. The van der Waals surface area contributed by atoms with Gasteiger partial charge >= 0.3 is 5.97 Å². The Kier molecular flexibility index (Phi) is 11.4. The first kappa shape index (κ1) is 24.1. The van der Waals surface area contributed by atoms with E-state index in [0.29, 0.717) is 29.2 Å². The van der Waals surface area contributed by atoms with E-state index >= 15 is 0 Å². The monoisotopic (exact) mass is 395 g/mol. The fraction of sp³-hybridized carbons (Fsp3) is 0.682. The number of carboxylic acids is 1. The Morgan fingerprint density at radius 2 is 1.46 bits per heavy atom. The Morgan fingerprint density at radius 3 is 1.96 bits per heavy atom. The van der Waals surface area contributed by atoms with Crippen molar-refractivity contribution in [3.8, 4) is 17.2 Å². The van der Waals surface area contributed by atoms with Crippen LogP contribution in [0.3, 0.4) is 0 Å². The lowest BCUT2D eigenvalue weighted by molar-refractivity contribution is 0.0694. The van der Waals surface area contributed by atoms with Crippen molar-refractivity contribution in [2.45, 2.75) is 58.8 Å². The number of hydrogen-bond acceptors (Lipinski definition) is 5. The van der Waals surface area contributed by atoms with Gasteiger partial charge in [0.15, 0.2) is 11.5 Å². The molecule has 1 N–H and O–H groups in total. The summed E-state index contributed by atoms with van der Waals surface area (Å²) in [5, 5.41) is 9.60. The normalized spacial score (nSPS) is 10.9. The quantitative estimate of drug-likeness (QED) is 0.437. The van der Waals surface area contributed by atoms with Crippen molar-refractivity contribution in [3.05, 3.63) is 17.2 Å². The van der Waals surface area contributed by atoms with Crippen molar-refractivity contribution in [2.24, 2.45) is 0 Å². The van der Waals surface area contributed by atoms with E-state index < -0.39 is 5.97 Å². The Labute approximate surface area is 169 Å². The minimum Gasteiger partial charge on any atom is -0.493 e. The minimum absolute atomic E-state index is 0.216. The fourth-order valence-corrected chi connectivity index (χ4v) is 3.54. The van der Waals surface area contributed by atoms with Crippen molar-refractivity contribution in [1.29, 1.82) is 0 Å². The van der Waals surface area contributed by atoms with Gasteiger partial charge in [0.2, 0.25) is 5.75 Å². The third kappa shape index (κ3) is 6.89. The van der Waals surface area contributed by atoms with Crippen LogP contribution in [0.2, 0.25) is 0 Å². The lowest BCUT2D eigenvalue weighted by Gasteiger charge is -2.18. The summed E-state index contributed by atoms with van der Waals surface area (Å²) in [6, 6.07) is 1.52. The van der Waals surface area contributed by atoms with Crippen LogP contribution in [0.25, 0.3) is 0 Å². The average molecular weight is 396 g/mol. The molecule has 0 bridgehead atoms. The Bertz CT molecular complexity index is 599. The summed E-state index contributed by atoms with van der Waals surface area (Å²) in [5.41, 5.74) is 0.892. The number of rotatable bonds is 15. The lowest BCUT2D eigenvalue weighted by atomic mass is 9.98. The minimum atomic E-state index is -0.981. The largest absolute Gasteiger partial charge is 0.493 e. The van der Waals surface area contributed by atoms with Crippen LogP contribution in [0.4, 0.5) is 0 Å². The first-order chi connectivity index (χ1) is 13.5. The van der Waals surface area contributed by atoms with Crippen LogP contribution >= 0.6 is 0 Å². The number of unbranched alkanes of at least 4 members (excludes halogenated alkanes) is 5. The van der Waals surface area contributed by atoms with Gasteiger partial charge in [-0.05, 0) is 45.0 Å². The molecule has 0 saturated carbocycles. The van der Waals surface area contributed by atoms with E-state index in [1.54, 1.807) is 0 Å². The molecular formula is C22H37NO5. The summed E-state index contributed by atoms with van der Waals surface area (Å²) >= 11 is 0. The van der Waals surface area contributed by atoms with Crippen LogP contribution in [-0.2, 0) is 6.42 Å². The Hall–Kier alpha value is -1.95. The standard InChI is InChI=1S/C22H37NO5/c1-6-23(7-2)15-13-11-9-8-10-12-14-17-18(22(24)25)16-19(26-3)21(28-5)20(17)27-4/h16H,6-15H2,1-5H3,(H,24,25). The molecule has 0 spiro atoms. The van der Waals surface area contributed by atoms with Crippen molar-refractivity contribution in [1.82, 2.24) is 4.90 Å². The van der Waals surface area contributed by atoms with Gasteiger partial charge in [-0.1, -0.05) is 39.5 Å². The zero-order valence-corrected chi connectivity index (χ0v) is 18.2. The number of nitrogens with zero attached hydrogens (tertiary/aromatic N) is 1. The summed E-state index contributed by atoms with van der Waals surface area (Å²) in [7, 11) is 4.55. The van der Waals surface area contributed by atoms with Crippen LogP contribution in [0.5, 0.6) is 17.2 Å². The topological polar surface area (TPSA) is 68.2 Å². The molecule has 28 heavy (non-hydrogen) atoms. The van der Waals surface area contributed by atoms with Crippen molar-refractivity contribution in [3.63, 3.8) is 0 Å². The molecule has 0 saturated heterocycles. The molecule has 0 aliphatic carbocycles. The summed E-state index contributed by atoms with van der Waals surface area (Å²) in [6.45, 7) is 7.83. The number of carbonyl (C=O) groups is 1. The van der Waals surface area contributed by atoms with E-state index in [9.17, 15) is 9.90 Å². The molecular weight excluding hydrogens is 358 g/mol. The highest BCUT2D eigenvalue weighted by Gasteiger charge is 2.23. The number of carboxylic acid groups (broad SMARTS) is 1. The first-order valence-electron chi connectivity index (χ1n) is 10.3. The van der Waals surface area contributed by atoms with Crippen molar-refractivity contribution < 1.29 is 24.1 Å². The van der Waals surface area contributed by atoms with Gasteiger partial charge in [-0.3, -0.25) is 0 Å². The van der Waals surface area contributed by atoms with Crippen molar-refractivity contribution in [2.75, 3.05) is 41.0 Å². The molecule has 0 unspecified atom stereocenters. The third-order valence-electron chi connectivity index (χ3n) is 5.21. The molecule has 0 atom stereocenters. The van der Waals surface area contributed by atoms with Crippen LogP contribution in [0, 0.1) is 0 Å². The van der Waals surface area contributed by atoms with Crippen LogP contribution < -0.4 is 14.2 Å². The summed E-state index contributed by atoms with van der Waals surface area (Å²) in [5.74, 6) is 0.291. The second-order valence-corrected chi connectivity index (χ2v) is 6.87. The number of benzene rings is 1. The van der Waals surface area contributed by atoms with Crippen LogP contribution in [-0.4, -0.2) is 56.9 Å². The molecule has 6 heteroatoms. The van der Waals surface area contributed by atoms with Gasteiger partial charge in [0, 0.05) is 5.56 Å². The predicted molar refractivity (Wildman–Crippen MR) is 112 cm³/mol. The second kappa shape index (κ2) is 13.3. The molecule has 1 rings (SSSR count). The summed E-state index contributed by atoms with van der Waals surface area (Å²) < 4.78 is 16.1. The molecule has 0 amide bonds. The lowest BCUT2D eigenvalue weighted by Crippen LogP contribution is -2.23. The maximum atomic E-state index is 11.7. The highest BCUT2D eigenvalue weighted by atomic mass is 16.5.